The van der Waals surface area contributed by atoms with E-state index in [0.717, 1.165) is 28.8 Å². The van der Waals surface area contributed by atoms with E-state index in [9.17, 15) is 9.18 Å². The summed E-state index contributed by atoms with van der Waals surface area (Å²) in [7, 11) is 0. The third-order valence-electron chi connectivity index (χ3n) is 6.31. The highest BCUT2D eigenvalue weighted by Gasteiger charge is 2.53. The van der Waals surface area contributed by atoms with E-state index in [1.807, 2.05) is 0 Å². The van der Waals surface area contributed by atoms with Gasteiger partial charge in [-0.3, -0.25) is 10.1 Å². The van der Waals surface area contributed by atoms with Crippen LogP contribution in [0.3, 0.4) is 0 Å². The zero-order valence-electron chi connectivity index (χ0n) is 14.2. The van der Waals surface area contributed by atoms with Gasteiger partial charge >= 0.3 is 0 Å². The van der Waals surface area contributed by atoms with Gasteiger partial charge in [0.15, 0.2) is 0 Å². The number of benzene rings is 1. The summed E-state index contributed by atoms with van der Waals surface area (Å²) in [5.41, 5.74) is 0.405. The van der Waals surface area contributed by atoms with Crippen LogP contribution in [0.4, 0.5) is 9.52 Å². The largest absolute Gasteiger partial charge is 0.296 e. The number of nitrogens with zero attached hydrogens (tertiary/aromatic N) is 2. The van der Waals surface area contributed by atoms with Crippen LogP contribution in [0.1, 0.15) is 53.9 Å². The number of nitrogens with one attached hydrogen (secondary N) is 1. The molecule has 1 heterocycles. The molecule has 7 heteroatoms. The predicted molar refractivity (Wildman–Crippen MR) is 99.1 cm³/mol. The lowest BCUT2D eigenvalue weighted by Crippen LogP contribution is -2.48. The Bertz CT molecular complexity index is 848. The van der Waals surface area contributed by atoms with Crippen molar-refractivity contribution in [1.29, 1.82) is 0 Å². The van der Waals surface area contributed by atoms with Crippen molar-refractivity contribution in [3.05, 3.63) is 39.6 Å². The molecule has 1 aromatic carbocycles. The minimum atomic E-state index is -0.466. The van der Waals surface area contributed by atoms with Gasteiger partial charge < -0.3 is 0 Å². The molecule has 1 aromatic heterocycles. The quantitative estimate of drug-likeness (QED) is 0.796. The minimum absolute atomic E-state index is 0.0910. The molecule has 0 aliphatic heterocycles. The van der Waals surface area contributed by atoms with Gasteiger partial charge in [0.25, 0.3) is 5.91 Å². The van der Waals surface area contributed by atoms with Crippen LogP contribution in [0.2, 0.25) is 5.02 Å². The Kier molecular flexibility index (Phi) is 3.83. The van der Waals surface area contributed by atoms with Crippen LogP contribution in [0.5, 0.6) is 0 Å². The fourth-order valence-corrected chi connectivity index (χ4v) is 6.91. The molecule has 4 aliphatic carbocycles. The Morgan fingerprint density at radius 2 is 1.81 bits per heavy atom. The second-order valence-electron chi connectivity index (χ2n) is 8.19. The molecule has 4 fully saturated rings. The molecule has 0 radical (unpaired) electrons. The van der Waals surface area contributed by atoms with E-state index in [-0.39, 0.29) is 21.9 Å². The van der Waals surface area contributed by atoms with E-state index in [0.29, 0.717) is 5.13 Å². The van der Waals surface area contributed by atoms with Crippen molar-refractivity contribution in [2.75, 3.05) is 5.32 Å². The molecular formula is C19H19ClFN3OS. The summed E-state index contributed by atoms with van der Waals surface area (Å²) < 4.78 is 13.2. The highest BCUT2D eigenvalue weighted by molar-refractivity contribution is 7.15. The second kappa shape index (κ2) is 5.99. The van der Waals surface area contributed by atoms with E-state index >= 15 is 0 Å². The summed E-state index contributed by atoms with van der Waals surface area (Å²) in [6, 6.07) is 3.74. The molecule has 0 saturated heterocycles. The molecule has 0 atom stereocenters. The maximum atomic E-state index is 13.2. The summed E-state index contributed by atoms with van der Waals surface area (Å²) >= 11 is 7.46. The van der Waals surface area contributed by atoms with E-state index in [4.69, 9.17) is 11.6 Å². The van der Waals surface area contributed by atoms with Gasteiger partial charge in [0.1, 0.15) is 10.8 Å². The fraction of sp³-hybridized carbons (Fsp3) is 0.526. The first-order valence-electron chi connectivity index (χ1n) is 9.11. The molecule has 1 amide bonds. The summed E-state index contributed by atoms with van der Waals surface area (Å²) in [5, 5.41) is 13.1. The summed E-state index contributed by atoms with van der Waals surface area (Å²) in [4.78, 5) is 12.4. The first-order valence-corrected chi connectivity index (χ1v) is 10.3. The van der Waals surface area contributed by atoms with Crippen LogP contribution in [0.15, 0.2) is 18.2 Å². The second-order valence-corrected chi connectivity index (χ2v) is 9.57. The van der Waals surface area contributed by atoms with Gasteiger partial charge in [-0.2, -0.15) is 0 Å². The number of hydrogen-bond acceptors (Lipinski definition) is 4. The normalized spacial score (nSPS) is 32.0. The number of rotatable bonds is 3. The average Bonchev–Trinajstić information content (AvgIpc) is 3.02. The lowest BCUT2D eigenvalue weighted by molar-refractivity contribution is -0.00555. The molecule has 0 spiro atoms. The van der Waals surface area contributed by atoms with E-state index in [2.05, 4.69) is 15.5 Å². The van der Waals surface area contributed by atoms with Crippen LogP contribution in [0, 0.1) is 23.6 Å². The molecule has 1 N–H and O–H groups in total. The van der Waals surface area contributed by atoms with Gasteiger partial charge in [0.05, 0.1) is 10.6 Å². The molecule has 4 aliphatic rings. The lowest BCUT2D eigenvalue weighted by Gasteiger charge is -2.55. The smallest absolute Gasteiger partial charge is 0.259 e. The lowest BCUT2D eigenvalue weighted by atomic mass is 9.50. The number of amides is 1. The van der Waals surface area contributed by atoms with E-state index in [1.165, 1.54) is 62.0 Å². The SMILES string of the molecule is O=C(Nc1nnc(C23CC4CC(CC(C4)C2)C3)s1)c1ccc(F)cc1Cl. The Labute approximate surface area is 160 Å². The molecule has 136 valence electrons. The van der Waals surface area contributed by atoms with Gasteiger partial charge in [-0.1, -0.05) is 22.9 Å². The van der Waals surface area contributed by atoms with Crippen LogP contribution < -0.4 is 5.32 Å². The van der Waals surface area contributed by atoms with Gasteiger partial charge in [-0.15, -0.1) is 10.2 Å². The number of hydrogen-bond donors (Lipinski definition) is 1. The number of halogens is 2. The molecule has 2 aromatic rings. The Balaban J connectivity index is 1.37. The molecular weight excluding hydrogens is 373 g/mol. The third kappa shape index (κ3) is 2.74. The first-order chi connectivity index (χ1) is 12.5. The molecule has 4 saturated carbocycles. The maximum Gasteiger partial charge on any atom is 0.259 e. The summed E-state index contributed by atoms with van der Waals surface area (Å²) in [6.45, 7) is 0. The number of anilines is 1. The van der Waals surface area contributed by atoms with Crippen molar-refractivity contribution in [3.63, 3.8) is 0 Å². The van der Waals surface area contributed by atoms with Crippen molar-refractivity contribution >= 4 is 34.0 Å². The predicted octanol–water partition coefficient (Wildman–Crippen LogP) is 5.05. The van der Waals surface area contributed by atoms with Crippen LogP contribution >= 0.6 is 22.9 Å². The third-order valence-corrected chi connectivity index (χ3v) is 7.71. The molecule has 4 nitrogen and oxygen atoms in total. The number of carbonyl (C=O) groups excluding carboxylic acids is 1. The van der Waals surface area contributed by atoms with Gasteiger partial charge in [0.2, 0.25) is 5.13 Å². The molecule has 4 bridgehead atoms. The number of aromatic nitrogens is 2. The fourth-order valence-electron chi connectivity index (χ4n) is 5.70. The van der Waals surface area contributed by atoms with Crippen molar-refractivity contribution in [2.45, 2.75) is 43.9 Å². The van der Waals surface area contributed by atoms with Gasteiger partial charge in [-0.05, 0) is 74.5 Å². The van der Waals surface area contributed by atoms with Crippen LogP contribution in [-0.2, 0) is 5.41 Å². The summed E-state index contributed by atoms with van der Waals surface area (Å²) in [6.07, 6.45) is 7.78. The maximum absolute atomic E-state index is 13.2. The van der Waals surface area contributed by atoms with Crippen molar-refractivity contribution < 1.29 is 9.18 Å². The topological polar surface area (TPSA) is 54.9 Å². The Morgan fingerprint density at radius 1 is 1.15 bits per heavy atom. The molecule has 6 rings (SSSR count). The van der Waals surface area contributed by atoms with Crippen molar-refractivity contribution in [3.8, 4) is 0 Å². The molecule has 0 unspecified atom stereocenters. The van der Waals surface area contributed by atoms with E-state index < -0.39 is 5.82 Å². The van der Waals surface area contributed by atoms with Gasteiger partial charge in [-0.25, -0.2) is 4.39 Å². The highest BCUT2D eigenvalue weighted by atomic mass is 35.5. The highest BCUT2D eigenvalue weighted by Crippen LogP contribution is 2.61. The standard InChI is InChI=1S/C19H19ClFN3OS/c20-15-6-13(21)1-2-14(15)16(25)22-18-24-23-17(26-18)19-7-10-3-11(8-19)5-12(4-10)9-19/h1-2,6,10-12H,3-5,7-9H2,(H,22,24,25). The molecule has 26 heavy (non-hydrogen) atoms. The summed E-state index contributed by atoms with van der Waals surface area (Å²) in [5.74, 6) is 1.65. The van der Waals surface area contributed by atoms with Crippen LogP contribution in [0.25, 0.3) is 0 Å². The monoisotopic (exact) mass is 391 g/mol. The van der Waals surface area contributed by atoms with E-state index in [1.54, 1.807) is 0 Å². The van der Waals surface area contributed by atoms with Crippen LogP contribution in [-0.4, -0.2) is 16.1 Å². The first kappa shape index (κ1) is 16.6. The van der Waals surface area contributed by atoms with Crippen molar-refractivity contribution in [1.82, 2.24) is 10.2 Å². The Morgan fingerprint density at radius 3 is 2.42 bits per heavy atom. The zero-order chi connectivity index (χ0) is 17.9. The zero-order valence-corrected chi connectivity index (χ0v) is 15.7. The van der Waals surface area contributed by atoms with Crippen molar-refractivity contribution in [2.24, 2.45) is 17.8 Å². The van der Waals surface area contributed by atoms with Gasteiger partial charge in [0, 0.05) is 5.41 Å². The number of carbonyl (C=O) groups is 1. The average molecular weight is 392 g/mol. The Hall–Kier alpha value is -1.53. The minimum Gasteiger partial charge on any atom is -0.296 e.